The zero-order valence-corrected chi connectivity index (χ0v) is 18.0. The Morgan fingerprint density at radius 1 is 1.42 bits per heavy atom. The molecule has 0 aliphatic carbocycles. The lowest BCUT2D eigenvalue weighted by atomic mass is 10.1. The average Bonchev–Trinajstić information content (AvgIpc) is 2.54. The third kappa shape index (κ3) is 8.27. The van der Waals surface area contributed by atoms with E-state index >= 15 is 0 Å². The lowest BCUT2D eigenvalue weighted by Crippen LogP contribution is -2.41. The normalized spacial score (nSPS) is 12.1. The van der Waals surface area contributed by atoms with E-state index in [1.807, 2.05) is 6.07 Å². The van der Waals surface area contributed by atoms with E-state index in [0.29, 0.717) is 31.0 Å². The van der Waals surface area contributed by atoms with Crippen molar-refractivity contribution in [2.24, 2.45) is 10.9 Å². The Balaban J connectivity index is 0.00000529. The Bertz CT molecular complexity index is 558. The second kappa shape index (κ2) is 12.5. The molecule has 0 saturated heterocycles. The van der Waals surface area contributed by atoms with Crippen molar-refractivity contribution in [1.82, 2.24) is 10.6 Å². The number of rotatable bonds is 7. The van der Waals surface area contributed by atoms with Crippen LogP contribution in [0.5, 0.6) is 0 Å². The summed E-state index contributed by atoms with van der Waals surface area (Å²) in [6.07, 6.45) is 1.41. The first-order valence-corrected chi connectivity index (χ1v) is 8.23. The minimum absolute atomic E-state index is 0. The van der Waals surface area contributed by atoms with E-state index in [-0.39, 0.29) is 41.7 Å². The largest absolute Gasteiger partial charge is 0.469 e. The molecule has 0 amide bonds. The summed E-state index contributed by atoms with van der Waals surface area (Å²) in [5.41, 5.74) is 0.692. The van der Waals surface area contributed by atoms with Gasteiger partial charge in [-0.1, -0.05) is 28.9 Å². The lowest BCUT2D eigenvalue weighted by molar-refractivity contribution is -0.144. The number of nitrogens with one attached hydrogen (secondary N) is 2. The molecule has 1 aromatic rings. The monoisotopic (exact) mass is 515 g/mol. The fourth-order valence-electron chi connectivity index (χ4n) is 1.96. The molecule has 0 aromatic heterocycles. The van der Waals surface area contributed by atoms with Crippen LogP contribution in [0, 0.1) is 11.7 Å². The van der Waals surface area contributed by atoms with E-state index < -0.39 is 0 Å². The van der Waals surface area contributed by atoms with Crippen molar-refractivity contribution in [2.45, 2.75) is 19.8 Å². The van der Waals surface area contributed by atoms with Crippen molar-refractivity contribution >= 4 is 51.8 Å². The van der Waals surface area contributed by atoms with Crippen molar-refractivity contribution in [3.05, 3.63) is 34.1 Å². The van der Waals surface area contributed by atoms with Gasteiger partial charge in [0.05, 0.1) is 13.0 Å². The fraction of sp³-hybridized carbons (Fsp3) is 0.500. The number of hydrogen-bond donors (Lipinski definition) is 2. The lowest BCUT2D eigenvalue weighted by Gasteiger charge is -2.14. The minimum Gasteiger partial charge on any atom is -0.469 e. The molecule has 0 heterocycles. The molecule has 1 rings (SSSR count). The van der Waals surface area contributed by atoms with E-state index in [2.05, 4.69) is 36.3 Å². The highest BCUT2D eigenvalue weighted by molar-refractivity contribution is 14.0. The Labute approximate surface area is 168 Å². The van der Waals surface area contributed by atoms with Crippen LogP contribution in [-0.4, -0.2) is 39.2 Å². The molecule has 0 fully saturated rings. The van der Waals surface area contributed by atoms with Crippen molar-refractivity contribution in [3.63, 3.8) is 0 Å². The van der Waals surface area contributed by atoms with Crippen LogP contribution in [0.1, 0.15) is 18.9 Å². The third-order valence-electron chi connectivity index (χ3n) is 3.33. The number of halogens is 3. The number of carbonyl (C=O) groups is 1. The SMILES string of the molecule is CN=C(NCCCc1ccc(Br)cc1F)NCC(C)C(=O)OC.I. The van der Waals surface area contributed by atoms with Gasteiger partial charge in [0.15, 0.2) is 5.96 Å². The van der Waals surface area contributed by atoms with Crippen LogP contribution in [-0.2, 0) is 16.0 Å². The predicted octanol–water partition coefficient (Wildman–Crippen LogP) is 3.11. The van der Waals surface area contributed by atoms with Crippen molar-refractivity contribution < 1.29 is 13.9 Å². The van der Waals surface area contributed by atoms with E-state index in [1.54, 1.807) is 20.0 Å². The van der Waals surface area contributed by atoms with Crippen LogP contribution in [0.15, 0.2) is 27.7 Å². The zero-order chi connectivity index (χ0) is 17.2. The third-order valence-corrected chi connectivity index (χ3v) is 3.83. The first-order chi connectivity index (χ1) is 11.0. The van der Waals surface area contributed by atoms with Gasteiger partial charge in [0.25, 0.3) is 0 Å². The van der Waals surface area contributed by atoms with Gasteiger partial charge >= 0.3 is 5.97 Å². The van der Waals surface area contributed by atoms with Gasteiger partial charge in [0.1, 0.15) is 5.82 Å². The first-order valence-electron chi connectivity index (χ1n) is 7.44. The maximum Gasteiger partial charge on any atom is 0.310 e. The average molecular weight is 516 g/mol. The maximum atomic E-state index is 13.7. The van der Waals surface area contributed by atoms with E-state index in [9.17, 15) is 9.18 Å². The van der Waals surface area contributed by atoms with Crippen LogP contribution in [0.3, 0.4) is 0 Å². The number of carbonyl (C=O) groups excluding carboxylic acids is 1. The first kappa shape index (κ1) is 23.1. The molecule has 1 aromatic carbocycles. The number of guanidine groups is 1. The van der Waals surface area contributed by atoms with Gasteiger partial charge in [0, 0.05) is 24.6 Å². The van der Waals surface area contributed by atoms with Gasteiger partial charge in [-0.2, -0.15) is 0 Å². The number of aliphatic imine (C=N–C) groups is 1. The highest BCUT2D eigenvalue weighted by Gasteiger charge is 2.13. The zero-order valence-electron chi connectivity index (χ0n) is 14.1. The number of methoxy groups -OCH3 is 1. The molecule has 8 heteroatoms. The van der Waals surface area contributed by atoms with Gasteiger partial charge in [-0.15, -0.1) is 24.0 Å². The summed E-state index contributed by atoms with van der Waals surface area (Å²) in [4.78, 5) is 15.4. The minimum atomic E-state index is -0.265. The second-order valence-corrected chi connectivity index (χ2v) is 6.06. The van der Waals surface area contributed by atoms with Crippen molar-refractivity contribution in [1.29, 1.82) is 0 Å². The van der Waals surface area contributed by atoms with Crippen LogP contribution >= 0.6 is 39.9 Å². The van der Waals surface area contributed by atoms with E-state index in [4.69, 9.17) is 0 Å². The summed E-state index contributed by atoms with van der Waals surface area (Å²) in [5.74, 6) is -0.111. The number of aryl methyl sites for hydroxylation is 1. The summed E-state index contributed by atoms with van der Waals surface area (Å²) in [6.45, 7) is 2.87. The summed E-state index contributed by atoms with van der Waals surface area (Å²) >= 11 is 3.24. The van der Waals surface area contributed by atoms with Crippen molar-refractivity contribution in [3.8, 4) is 0 Å². The van der Waals surface area contributed by atoms with Crippen LogP contribution in [0.4, 0.5) is 4.39 Å². The number of esters is 1. The summed E-state index contributed by atoms with van der Waals surface area (Å²) in [7, 11) is 3.03. The van der Waals surface area contributed by atoms with Gasteiger partial charge in [-0.05, 0) is 30.5 Å². The fourth-order valence-corrected chi connectivity index (χ4v) is 2.30. The highest BCUT2D eigenvalue weighted by atomic mass is 127. The molecule has 2 N–H and O–H groups in total. The number of ether oxygens (including phenoxy) is 1. The number of hydrogen-bond acceptors (Lipinski definition) is 3. The highest BCUT2D eigenvalue weighted by Crippen LogP contribution is 2.16. The van der Waals surface area contributed by atoms with Crippen molar-refractivity contribution in [2.75, 3.05) is 27.2 Å². The predicted molar refractivity (Wildman–Crippen MR) is 108 cm³/mol. The molecular weight excluding hydrogens is 492 g/mol. The molecule has 0 bridgehead atoms. The summed E-state index contributed by atoms with van der Waals surface area (Å²) in [5, 5.41) is 6.20. The van der Waals surface area contributed by atoms with Crippen LogP contribution in [0.25, 0.3) is 0 Å². The molecule has 5 nitrogen and oxygen atoms in total. The standard InChI is InChI=1S/C16H23BrFN3O2.HI/c1-11(15(22)23-3)10-21-16(19-2)20-8-4-5-12-6-7-13(17)9-14(12)18;/h6-7,9,11H,4-5,8,10H2,1-3H3,(H2,19,20,21);1H. The Morgan fingerprint density at radius 3 is 2.71 bits per heavy atom. The summed E-state index contributed by atoms with van der Waals surface area (Å²) < 4.78 is 19.1. The van der Waals surface area contributed by atoms with Gasteiger partial charge in [0.2, 0.25) is 0 Å². The molecule has 136 valence electrons. The molecule has 0 saturated carbocycles. The quantitative estimate of drug-likeness (QED) is 0.192. The van der Waals surface area contributed by atoms with Gasteiger partial charge in [-0.3, -0.25) is 9.79 Å². The Hall–Kier alpha value is -0.900. The Kier molecular flexibility index (Phi) is 12.0. The summed E-state index contributed by atoms with van der Waals surface area (Å²) in [6, 6.07) is 5.09. The molecular formula is C16H24BrFIN3O2. The molecule has 0 aliphatic heterocycles. The molecule has 0 aliphatic rings. The van der Waals surface area contributed by atoms with Crippen LogP contribution < -0.4 is 10.6 Å². The molecule has 0 radical (unpaired) electrons. The molecule has 24 heavy (non-hydrogen) atoms. The van der Waals surface area contributed by atoms with Crippen LogP contribution in [0.2, 0.25) is 0 Å². The van der Waals surface area contributed by atoms with E-state index in [1.165, 1.54) is 13.2 Å². The smallest absolute Gasteiger partial charge is 0.310 e. The van der Waals surface area contributed by atoms with E-state index in [0.717, 1.165) is 10.9 Å². The molecule has 1 unspecified atom stereocenters. The van der Waals surface area contributed by atoms with Gasteiger partial charge in [-0.25, -0.2) is 4.39 Å². The number of nitrogens with zero attached hydrogens (tertiary/aromatic N) is 1. The maximum absolute atomic E-state index is 13.7. The second-order valence-electron chi connectivity index (χ2n) is 5.14. The van der Waals surface area contributed by atoms with Gasteiger partial charge < -0.3 is 15.4 Å². The topological polar surface area (TPSA) is 62.7 Å². The number of benzene rings is 1. The molecule has 0 spiro atoms. The Morgan fingerprint density at radius 2 is 2.12 bits per heavy atom. The molecule has 1 atom stereocenters.